The molecule has 3 rings (SSSR count). The van der Waals surface area contributed by atoms with Gasteiger partial charge in [0, 0.05) is 25.0 Å². The number of hydrogen-bond donors (Lipinski definition) is 0. The molecule has 0 radical (unpaired) electrons. The molecule has 0 aromatic rings. The van der Waals surface area contributed by atoms with Crippen molar-refractivity contribution in [1.29, 1.82) is 0 Å². The summed E-state index contributed by atoms with van der Waals surface area (Å²) in [5.41, 5.74) is -1.62. The van der Waals surface area contributed by atoms with Crippen LogP contribution in [0, 0.1) is 0 Å². The Labute approximate surface area is 227 Å². The van der Waals surface area contributed by atoms with Crippen LogP contribution in [0.5, 0.6) is 0 Å². The molecular formula is C28H36O11. The highest BCUT2D eigenvalue weighted by Crippen LogP contribution is 2.32. The first-order valence-corrected chi connectivity index (χ1v) is 13.0. The first-order chi connectivity index (χ1) is 18.5. The molecule has 0 spiro atoms. The summed E-state index contributed by atoms with van der Waals surface area (Å²) in [6.45, 7) is 7.21. The zero-order valence-corrected chi connectivity index (χ0v) is 22.8. The minimum Gasteiger partial charge on any atom is -0.462 e. The van der Waals surface area contributed by atoms with Crippen molar-refractivity contribution in [2.24, 2.45) is 0 Å². The Bertz CT molecular complexity index is 966. The van der Waals surface area contributed by atoms with Crippen LogP contribution < -0.4 is 0 Å². The van der Waals surface area contributed by atoms with Crippen LogP contribution in [0.2, 0.25) is 0 Å². The van der Waals surface area contributed by atoms with Crippen molar-refractivity contribution in [2.75, 3.05) is 13.2 Å². The summed E-state index contributed by atoms with van der Waals surface area (Å²) in [5, 5.41) is 0. The van der Waals surface area contributed by atoms with Gasteiger partial charge in [0.1, 0.15) is 0 Å². The predicted molar refractivity (Wildman–Crippen MR) is 136 cm³/mol. The lowest BCUT2D eigenvalue weighted by atomic mass is 10.1. The normalized spacial score (nSPS) is 25.0. The third-order valence-corrected chi connectivity index (χ3v) is 6.07. The molecule has 0 amide bonds. The maximum Gasteiger partial charge on any atom is 0.514 e. The summed E-state index contributed by atoms with van der Waals surface area (Å²) in [7, 11) is 0. The van der Waals surface area contributed by atoms with E-state index in [0.29, 0.717) is 37.2 Å². The summed E-state index contributed by atoms with van der Waals surface area (Å²) in [6, 6.07) is 0. The second-order valence-electron chi connectivity index (χ2n) is 10.2. The molecule has 0 aromatic carbocycles. The maximum atomic E-state index is 11.8. The highest BCUT2D eigenvalue weighted by molar-refractivity contribution is 5.82. The van der Waals surface area contributed by atoms with Gasteiger partial charge in [-0.1, -0.05) is 12.2 Å². The van der Waals surface area contributed by atoms with Gasteiger partial charge in [-0.3, -0.25) is 0 Å². The topological polar surface area (TPSA) is 136 Å². The largest absolute Gasteiger partial charge is 0.514 e. The Hall–Kier alpha value is -3.60. The highest BCUT2D eigenvalue weighted by Gasteiger charge is 2.40. The van der Waals surface area contributed by atoms with E-state index in [4.69, 9.17) is 33.2 Å². The molecule has 3 saturated heterocycles. The standard InChI is InChI=1S/C28H36O11/c1-27(2)21(36-25(31)38-27)13-9-17-33-23(29)15-7-5-11-19-20(35-19)12-6-8-16-24(30)34-18-10-14-22-28(3,4)39-26(32)37-22/h7-8,13-16,19-20H,5-6,9-12,17-18H2,1-4H3/b15-7?,16-8?,21-13+,22-14+. The van der Waals surface area contributed by atoms with Crippen molar-refractivity contribution in [3.63, 3.8) is 0 Å². The number of hydrogen-bond acceptors (Lipinski definition) is 11. The molecule has 0 aliphatic carbocycles. The molecule has 3 aliphatic rings. The molecule has 2 unspecified atom stereocenters. The molecule has 11 nitrogen and oxygen atoms in total. The number of ether oxygens (including phenoxy) is 7. The van der Waals surface area contributed by atoms with E-state index >= 15 is 0 Å². The Morgan fingerprint density at radius 2 is 1.13 bits per heavy atom. The van der Waals surface area contributed by atoms with E-state index in [9.17, 15) is 19.2 Å². The van der Waals surface area contributed by atoms with Gasteiger partial charge < -0.3 is 33.2 Å². The van der Waals surface area contributed by atoms with Crippen LogP contribution in [-0.4, -0.2) is 60.9 Å². The molecule has 11 heteroatoms. The third-order valence-electron chi connectivity index (χ3n) is 6.07. The Balaban J connectivity index is 1.18. The summed E-state index contributed by atoms with van der Waals surface area (Å²) in [4.78, 5) is 46.0. The number of rotatable bonds is 14. The third kappa shape index (κ3) is 9.90. The zero-order valence-electron chi connectivity index (χ0n) is 22.8. The minimum absolute atomic E-state index is 0.142. The summed E-state index contributed by atoms with van der Waals surface area (Å²) in [6.07, 6.45) is 12.2. The first kappa shape index (κ1) is 29.9. The van der Waals surface area contributed by atoms with Gasteiger partial charge in [-0.2, -0.15) is 0 Å². The second-order valence-corrected chi connectivity index (χ2v) is 10.2. The van der Waals surface area contributed by atoms with Gasteiger partial charge in [0.25, 0.3) is 0 Å². The van der Waals surface area contributed by atoms with Gasteiger partial charge in [0.15, 0.2) is 22.7 Å². The number of cyclic esters (lactones) is 4. The van der Waals surface area contributed by atoms with E-state index in [1.54, 1.807) is 52.0 Å². The van der Waals surface area contributed by atoms with Gasteiger partial charge in [-0.05, 0) is 65.5 Å². The molecule has 3 fully saturated rings. The van der Waals surface area contributed by atoms with Crippen LogP contribution in [0.3, 0.4) is 0 Å². The minimum atomic E-state index is -0.811. The van der Waals surface area contributed by atoms with Gasteiger partial charge in [0.2, 0.25) is 0 Å². The lowest BCUT2D eigenvalue weighted by Gasteiger charge is -2.13. The van der Waals surface area contributed by atoms with E-state index in [1.165, 1.54) is 12.2 Å². The monoisotopic (exact) mass is 548 g/mol. The van der Waals surface area contributed by atoms with Gasteiger partial charge in [-0.15, -0.1) is 0 Å². The second kappa shape index (κ2) is 13.5. The molecule has 0 N–H and O–H groups in total. The number of carbonyl (C=O) groups excluding carboxylic acids is 4. The summed E-state index contributed by atoms with van der Waals surface area (Å²) < 4.78 is 35.9. The van der Waals surface area contributed by atoms with Crippen molar-refractivity contribution in [3.05, 3.63) is 48.0 Å². The van der Waals surface area contributed by atoms with E-state index in [2.05, 4.69) is 0 Å². The van der Waals surface area contributed by atoms with Crippen molar-refractivity contribution in [3.8, 4) is 0 Å². The van der Waals surface area contributed by atoms with Crippen LogP contribution >= 0.6 is 0 Å². The molecule has 2 atom stereocenters. The number of esters is 2. The van der Waals surface area contributed by atoms with Crippen LogP contribution in [0.25, 0.3) is 0 Å². The summed E-state index contributed by atoms with van der Waals surface area (Å²) in [5.74, 6) is -0.0513. The van der Waals surface area contributed by atoms with Crippen LogP contribution in [0.15, 0.2) is 48.0 Å². The fraction of sp³-hybridized carbons (Fsp3) is 0.571. The molecule has 39 heavy (non-hydrogen) atoms. The van der Waals surface area contributed by atoms with Gasteiger partial charge in [-0.25, -0.2) is 19.2 Å². The SMILES string of the molecule is CC1(C)OC(=O)O/C1=C/CCOC(=O)C=CCCC1OC1CCC=CC(=O)OCC/C=C1/OC(=O)OC1(C)C. The Morgan fingerprint density at radius 1 is 0.718 bits per heavy atom. The van der Waals surface area contributed by atoms with Crippen molar-refractivity contribution in [1.82, 2.24) is 0 Å². The van der Waals surface area contributed by atoms with Crippen molar-refractivity contribution in [2.45, 2.75) is 89.6 Å². The maximum absolute atomic E-state index is 11.8. The van der Waals surface area contributed by atoms with Crippen molar-refractivity contribution < 1.29 is 52.3 Å². The quantitative estimate of drug-likeness (QED) is 0.0958. The van der Waals surface area contributed by atoms with E-state index in [1.807, 2.05) is 0 Å². The Morgan fingerprint density at radius 3 is 1.49 bits per heavy atom. The molecule has 0 aromatic heterocycles. The number of epoxide rings is 1. The highest BCUT2D eigenvalue weighted by atomic mass is 16.8. The smallest absolute Gasteiger partial charge is 0.462 e. The Kier molecular flexibility index (Phi) is 10.3. The molecular weight excluding hydrogens is 512 g/mol. The molecule has 3 aliphatic heterocycles. The van der Waals surface area contributed by atoms with Crippen molar-refractivity contribution >= 4 is 24.2 Å². The lowest BCUT2D eigenvalue weighted by Crippen LogP contribution is -2.20. The predicted octanol–water partition coefficient (Wildman–Crippen LogP) is 4.95. The average molecular weight is 549 g/mol. The fourth-order valence-electron chi connectivity index (χ4n) is 3.92. The number of allylic oxidation sites excluding steroid dienone is 2. The summed E-state index contributed by atoms with van der Waals surface area (Å²) >= 11 is 0. The molecule has 0 saturated carbocycles. The van der Waals surface area contributed by atoms with Gasteiger partial charge in [0.05, 0.1) is 25.4 Å². The first-order valence-electron chi connectivity index (χ1n) is 13.0. The van der Waals surface area contributed by atoms with E-state index in [0.717, 1.165) is 12.8 Å². The number of carbonyl (C=O) groups is 4. The molecule has 3 heterocycles. The van der Waals surface area contributed by atoms with Crippen LogP contribution in [0.4, 0.5) is 9.59 Å². The lowest BCUT2D eigenvalue weighted by molar-refractivity contribution is -0.138. The fourth-order valence-corrected chi connectivity index (χ4v) is 3.92. The van der Waals surface area contributed by atoms with E-state index in [-0.39, 0.29) is 25.4 Å². The molecule has 0 bridgehead atoms. The van der Waals surface area contributed by atoms with Crippen LogP contribution in [0.1, 0.15) is 66.2 Å². The van der Waals surface area contributed by atoms with Crippen LogP contribution in [-0.2, 0) is 42.7 Å². The van der Waals surface area contributed by atoms with Gasteiger partial charge >= 0.3 is 24.2 Å². The van der Waals surface area contributed by atoms with E-state index < -0.39 is 35.5 Å². The average Bonchev–Trinajstić information content (AvgIpc) is 3.46. The molecule has 214 valence electrons. The zero-order chi connectivity index (χ0) is 28.5.